The first-order valence-corrected chi connectivity index (χ1v) is 10.4. The van der Waals surface area contributed by atoms with Crippen molar-refractivity contribution >= 4 is 72.5 Å². The first-order chi connectivity index (χ1) is 13.3. The quantitative estimate of drug-likeness (QED) is 0.145. The molecule has 1 aliphatic rings. The minimum atomic E-state index is -0.998. The number of hydrogen-bond donors (Lipinski definition) is 0. The van der Waals surface area contributed by atoms with Crippen LogP contribution in [0.25, 0.3) is 11.0 Å². The zero-order valence-corrected chi connectivity index (χ0v) is 23.4. The number of thiol groups is 1. The van der Waals surface area contributed by atoms with Gasteiger partial charge in [-0.05, 0) is 0 Å². The number of benzene rings is 1. The Bertz CT molecular complexity index is 1160. The van der Waals surface area contributed by atoms with Gasteiger partial charge in [0.15, 0.2) is 0 Å². The molecule has 30 heavy (non-hydrogen) atoms. The summed E-state index contributed by atoms with van der Waals surface area (Å²) in [5.41, 5.74) is 1.71. The third-order valence-electron chi connectivity index (χ3n) is 5.08. The smallest absolute Gasteiger partial charge is 0.153 e. The van der Waals surface area contributed by atoms with E-state index in [1.54, 1.807) is 38.2 Å². The maximum atomic E-state index is 13.3. The van der Waals surface area contributed by atoms with Gasteiger partial charge in [0.05, 0.1) is 0 Å². The first kappa shape index (κ1) is 24.6. The molecule has 4 rings (SSSR count). The summed E-state index contributed by atoms with van der Waals surface area (Å²) in [5, 5.41) is 0. The summed E-state index contributed by atoms with van der Waals surface area (Å²) >= 11 is 0.101. The number of rotatable bonds is 3. The van der Waals surface area contributed by atoms with E-state index in [-0.39, 0.29) is 66.7 Å². The molecule has 0 aliphatic carbocycles. The third kappa shape index (κ3) is 3.63. The number of halogens is 1. The average Bonchev–Trinajstić information content (AvgIpc) is 2.92. The number of aryl methyl sites for hydroxylation is 1. The standard InChI is InChI=1S/C20H16FN3O3.H3P.H2S.Tl/c1-10-8-9-22-16-14(10)23-15-13(17(16)25)18(26)24(19(15)27)20(2,3)11-4-6-12(21)7-5-11;;;/h4-9H,1-3H3,(H,23,25);1H3;1H2;/q;;;+1/p-2. The molecule has 0 N–H and O–H groups in total. The van der Waals surface area contributed by atoms with Crippen molar-refractivity contribution < 1.29 is 16.7 Å². The normalized spacial score (nSPS) is 13.0. The molecule has 0 spiro atoms. The molecule has 2 amide bonds. The van der Waals surface area contributed by atoms with Crippen LogP contribution in [0.4, 0.5) is 4.39 Å². The largest absolute Gasteiger partial charge is 0.813 e. The maximum Gasteiger partial charge on any atom is -0.153 e. The molecular formula is C20H19FN3O3PSTl-. The van der Waals surface area contributed by atoms with E-state index in [9.17, 15) is 14.0 Å². The topological polar surface area (TPSA) is 72.4 Å². The van der Waals surface area contributed by atoms with Gasteiger partial charge in [0, 0.05) is 0 Å². The summed E-state index contributed by atoms with van der Waals surface area (Å²) in [7, 11) is 0. The molecule has 0 bridgehead atoms. The average molecular weight is 636 g/mol. The van der Waals surface area contributed by atoms with Gasteiger partial charge in [0.2, 0.25) is 0 Å². The molecule has 2 aromatic heterocycles. The Kier molecular flexibility index (Phi) is 7.26. The first-order valence-electron chi connectivity index (χ1n) is 8.58. The number of aromatic nitrogens is 2. The van der Waals surface area contributed by atoms with Gasteiger partial charge in [0.25, 0.3) is 0 Å². The van der Waals surface area contributed by atoms with E-state index in [0.717, 1.165) is 5.56 Å². The van der Waals surface area contributed by atoms with E-state index < -0.39 is 17.4 Å². The molecule has 1 aliphatic heterocycles. The van der Waals surface area contributed by atoms with Crippen LogP contribution in [-0.4, -0.2) is 52.9 Å². The van der Waals surface area contributed by atoms with Gasteiger partial charge in [-0.15, -0.1) is 0 Å². The van der Waals surface area contributed by atoms with E-state index in [0.29, 0.717) is 22.3 Å². The van der Waals surface area contributed by atoms with E-state index in [2.05, 4.69) is 9.97 Å². The molecule has 10 heteroatoms. The molecule has 1 atom stereocenters. The molecule has 0 fully saturated rings. The van der Waals surface area contributed by atoms with Gasteiger partial charge in [-0.3, -0.25) is 0 Å². The van der Waals surface area contributed by atoms with Crippen LogP contribution >= 0.6 is 9.90 Å². The van der Waals surface area contributed by atoms with E-state index in [4.69, 9.17) is 2.69 Å². The number of amides is 2. The number of carbonyl (C=O) groups is 2. The van der Waals surface area contributed by atoms with E-state index in [1.807, 2.05) is 6.92 Å². The second-order valence-corrected chi connectivity index (χ2v) is 8.04. The number of imide groups is 1. The van der Waals surface area contributed by atoms with Crippen molar-refractivity contribution in [3.63, 3.8) is 0 Å². The van der Waals surface area contributed by atoms with Gasteiger partial charge >= 0.3 is 177 Å². The van der Waals surface area contributed by atoms with Crippen LogP contribution in [-0.2, 0) is 19.0 Å². The van der Waals surface area contributed by atoms with Gasteiger partial charge < -0.3 is 13.5 Å². The third-order valence-corrected chi connectivity index (χ3v) is 5.99. The summed E-state index contributed by atoms with van der Waals surface area (Å²) in [6, 6.07) is 7.55. The SMILES string of the molecule is Cc1ccnc2c([O][Tl])c3c(nc12)C(=O)N(C(C)(C)c1ccc(F)cc1)C3=O.P.[SH-]. The fraction of sp³-hybridized carbons (Fsp3) is 0.200. The van der Waals surface area contributed by atoms with Crippen molar-refractivity contribution in [3.05, 3.63) is 64.7 Å². The van der Waals surface area contributed by atoms with Crippen molar-refractivity contribution in [2.45, 2.75) is 26.3 Å². The van der Waals surface area contributed by atoms with Gasteiger partial charge in [-0.25, -0.2) is 0 Å². The number of pyridine rings is 2. The minimum Gasteiger partial charge on any atom is -0.813 e. The fourth-order valence-corrected chi connectivity index (χ4v) is 4.42. The Labute approximate surface area is 200 Å². The molecule has 154 valence electrons. The molecule has 1 unspecified atom stereocenters. The molecule has 0 saturated carbocycles. The van der Waals surface area contributed by atoms with Gasteiger partial charge in [0.1, 0.15) is 0 Å². The molecule has 1 aromatic carbocycles. The van der Waals surface area contributed by atoms with Crippen molar-refractivity contribution in [2.24, 2.45) is 0 Å². The second-order valence-electron chi connectivity index (χ2n) is 7.12. The van der Waals surface area contributed by atoms with Crippen LogP contribution in [0.1, 0.15) is 45.8 Å². The summed E-state index contributed by atoms with van der Waals surface area (Å²) in [4.78, 5) is 36.5. The number of fused-ring (bicyclic) bond motifs is 2. The Hall–Kier alpha value is -1.65. The Morgan fingerprint density at radius 2 is 1.70 bits per heavy atom. The summed E-state index contributed by atoms with van der Waals surface area (Å²) in [5.74, 6) is -1.06. The van der Waals surface area contributed by atoms with E-state index >= 15 is 0 Å². The van der Waals surface area contributed by atoms with Gasteiger partial charge in [-0.1, -0.05) is 0 Å². The second kappa shape index (κ2) is 8.84. The molecule has 3 heterocycles. The predicted octanol–water partition coefficient (Wildman–Crippen LogP) is 2.86. The van der Waals surface area contributed by atoms with E-state index in [1.165, 1.54) is 17.0 Å². The molecule has 0 radical (unpaired) electrons. The molecule has 6 nitrogen and oxygen atoms in total. The fourth-order valence-electron chi connectivity index (χ4n) is 3.52. The van der Waals surface area contributed by atoms with Crippen molar-refractivity contribution in [1.29, 1.82) is 0 Å². The van der Waals surface area contributed by atoms with Crippen molar-refractivity contribution in [3.8, 4) is 5.75 Å². The Balaban J connectivity index is 0.00000160. The Morgan fingerprint density at radius 1 is 1.07 bits per heavy atom. The van der Waals surface area contributed by atoms with Gasteiger partial charge in [-0.2, -0.15) is 9.90 Å². The zero-order chi connectivity index (χ0) is 20.2. The Morgan fingerprint density at radius 3 is 2.30 bits per heavy atom. The van der Waals surface area contributed by atoms with Crippen molar-refractivity contribution in [2.75, 3.05) is 0 Å². The van der Waals surface area contributed by atoms with Crippen LogP contribution in [0.5, 0.6) is 5.75 Å². The van der Waals surface area contributed by atoms with Crippen LogP contribution in [0.15, 0.2) is 36.5 Å². The minimum absolute atomic E-state index is 0. The summed E-state index contributed by atoms with van der Waals surface area (Å²) in [6.45, 7) is 5.35. The monoisotopic (exact) mass is 636 g/mol. The number of carbonyl (C=O) groups excluding carboxylic acids is 2. The zero-order valence-electron chi connectivity index (χ0n) is 16.6. The molecular weight excluding hydrogens is 617 g/mol. The maximum absolute atomic E-state index is 13.3. The summed E-state index contributed by atoms with van der Waals surface area (Å²) < 4.78 is 19.0. The predicted molar refractivity (Wildman–Crippen MR) is 120 cm³/mol. The van der Waals surface area contributed by atoms with Crippen molar-refractivity contribution in [1.82, 2.24) is 14.9 Å². The van der Waals surface area contributed by atoms with Crippen LogP contribution in [0.3, 0.4) is 0 Å². The van der Waals surface area contributed by atoms with Crippen LogP contribution in [0, 0.1) is 12.7 Å². The molecule has 3 aromatic rings. The summed E-state index contributed by atoms with van der Waals surface area (Å²) in [6.07, 6.45) is 1.63. The van der Waals surface area contributed by atoms with Crippen LogP contribution in [0.2, 0.25) is 0 Å². The van der Waals surface area contributed by atoms with Crippen LogP contribution < -0.4 is 2.69 Å². The number of hydrogen-bond acceptors (Lipinski definition) is 6. The number of nitrogens with zero attached hydrogens (tertiary/aromatic N) is 3. The molecule has 0 saturated heterocycles.